The summed E-state index contributed by atoms with van der Waals surface area (Å²) in [7, 11) is 0. The Morgan fingerprint density at radius 3 is 2.48 bits per heavy atom. The molecule has 152 valence electrons. The molecule has 2 aromatic rings. The largest absolute Gasteiger partial charge is 0.484 e. The molecule has 3 aliphatic rings. The molecular formula is C20H20Cl2N4O3. The molecule has 2 amide bonds. The number of carbonyl (C=O) groups excluding carboxylic acids is 2. The van der Waals surface area contributed by atoms with E-state index in [0.29, 0.717) is 47.3 Å². The molecule has 4 N–H and O–H groups in total. The van der Waals surface area contributed by atoms with Gasteiger partial charge in [0.2, 0.25) is 0 Å². The number of rotatable bonds is 7. The van der Waals surface area contributed by atoms with Gasteiger partial charge in [0, 0.05) is 29.9 Å². The second-order valence-corrected chi connectivity index (χ2v) is 8.53. The molecule has 0 spiro atoms. The summed E-state index contributed by atoms with van der Waals surface area (Å²) < 4.78 is 5.46. The Morgan fingerprint density at radius 1 is 1.07 bits per heavy atom. The number of hydrogen-bond acceptors (Lipinski definition) is 5. The molecule has 1 aromatic carbocycles. The average Bonchev–Trinajstić information content (AvgIpc) is 2.66. The van der Waals surface area contributed by atoms with Crippen LogP contribution in [-0.4, -0.2) is 34.5 Å². The SMILES string of the molecule is NCc1ccnc(C(=O)NC23CC(NC(=O)COc4ccc(Cl)c(Cl)c4)(C2)C3)c1. The van der Waals surface area contributed by atoms with Crippen LogP contribution in [0.25, 0.3) is 0 Å². The van der Waals surface area contributed by atoms with E-state index in [1.54, 1.807) is 36.5 Å². The number of ether oxygens (including phenoxy) is 1. The molecule has 3 aliphatic carbocycles. The van der Waals surface area contributed by atoms with Gasteiger partial charge in [0.15, 0.2) is 6.61 Å². The number of hydrogen-bond donors (Lipinski definition) is 3. The smallest absolute Gasteiger partial charge is 0.270 e. The molecule has 0 radical (unpaired) electrons. The standard InChI is InChI=1S/C20H20Cl2N4O3/c21-14-2-1-13(6-15(14)22)29-8-17(27)25-19-9-20(10-19,11-19)26-18(28)16-5-12(7-23)3-4-24-16/h1-6H,7-11,23H2,(H,25,27)(H,26,28). The molecule has 2 bridgehead atoms. The monoisotopic (exact) mass is 434 g/mol. The van der Waals surface area contributed by atoms with Crippen molar-refractivity contribution in [3.05, 3.63) is 57.8 Å². The zero-order valence-electron chi connectivity index (χ0n) is 15.5. The molecule has 0 unspecified atom stereocenters. The van der Waals surface area contributed by atoms with E-state index in [0.717, 1.165) is 5.56 Å². The van der Waals surface area contributed by atoms with E-state index in [-0.39, 0.29) is 29.5 Å². The molecule has 3 saturated carbocycles. The Morgan fingerprint density at radius 2 is 1.79 bits per heavy atom. The summed E-state index contributed by atoms with van der Waals surface area (Å²) >= 11 is 11.8. The van der Waals surface area contributed by atoms with Crippen LogP contribution in [0.4, 0.5) is 0 Å². The number of nitrogens with zero attached hydrogens (tertiary/aromatic N) is 1. The lowest BCUT2D eigenvalue weighted by Gasteiger charge is -2.70. The van der Waals surface area contributed by atoms with Crippen LogP contribution in [0.15, 0.2) is 36.5 Å². The van der Waals surface area contributed by atoms with Crippen LogP contribution in [-0.2, 0) is 11.3 Å². The average molecular weight is 435 g/mol. The summed E-state index contributed by atoms with van der Waals surface area (Å²) in [5, 5.41) is 6.84. The number of amides is 2. The first-order valence-corrected chi connectivity index (χ1v) is 9.94. The number of aromatic nitrogens is 1. The van der Waals surface area contributed by atoms with E-state index in [1.165, 1.54) is 0 Å². The van der Waals surface area contributed by atoms with Gasteiger partial charge in [0.25, 0.3) is 11.8 Å². The lowest BCUT2D eigenvalue weighted by molar-refractivity contribution is -0.141. The van der Waals surface area contributed by atoms with Crippen molar-refractivity contribution in [2.24, 2.45) is 5.73 Å². The fraction of sp³-hybridized carbons (Fsp3) is 0.350. The van der Waals surface area contributed by atoms with Gasteiger partial charge in [0.1, 0.15) is 11.4 Å². The van der Waals surface area contributed by atoms with E-state index in [4.69, 9.17) is 33.7 Å². The molecule has 0 saturated heterocycles. The third kappa shape index (κ3) is 4.03. The maximum absolute atomic E-state index is 12.4. The van der Waals surface area contributed by atoms with Crippen molar-refractivity contribution in [3.63, 3.8) is 0 Å². The summed E-state index contributed by atoms with van der Waals surface area (Å²) in [5.41, 5.74) is 6.28. The topological polar surface area (TPSA) is 106 Å². The Balaban J connectivity index is 1.24. The van der Waals surface area contributed by atoms with Crippen LogP contribution in [0.2, 0.25) is 10.0 Å². The third-order valence-electron chi connectivity index (χ3n) is 5.37. The highest BCUT2D eigenvalue weighted by molar-refractivity contribution is 6.42. The Labute approximate surface area is 177 Å². The van der Waals surface area contributed by atoms with E-state index >= 15 is 0 Å². The van der Waals surface area contributed by atoms with Crippen LogP contribution >= 0.6 is 23.2 Å². The Hall–Kier alpha value is -2.35. The highest BCUT2D eigenvalue weighted by atomic mass is 35.5. The van der Waals surface area contributed by atoms with Gasteiger partial charge in [-0.2, -0.15) is 0 Å². The van der Waals surface area contributed by atoms with Crippen molar-refractivity contribution in [2.45, 2.75) is 36.9 Å². The van der Waals surface area contributed by atoms with Gasteiger partial charge >= 0.3 is 0 Å². The molecule has 5 rings (SSSR count). The minimum absolute atomic E-state index is 0.116. The van der Waals surface area contributed by atoms with E-state index in [1.807, 2.05) is 0 Å². The van der Waals surface area contributed by atoms with Gasteiger partial charge in [-0.25, -0.2) is 0 Å². The molecular weight excluding hydrogens is 415 g/mol. The fourth-order valence-corrected chi connectivity index (χ4v) is 4.42. The van der Waals surface area contributed by atoms with Crippen molar-refractivity contribution >= 4 is 35.0 Å². The molecule has 9 heteroatoms. The third-order valence-corrected chi connectivity index (χ3v) is 6.11. The highest BCUT2D eigenvalue weighted by Crippen LogP contribution is 2.60. The van der Waals surface area contributed by atoms with Crippen LogP contribution in [0, 0.1) is 0 Å². The molecule has 1 aromatic heterocycles. The van der Waals surface area contributed by atoms with Gasteiger partial charge in [0.05, 0.1) is 10.0 Å². The zero-order valence-corrected chi connectivity index (χ0v) is 17.0. The lowest BCUT2D eigenvalue weighted by atomic mass is 9.44. The first kappa shape index (κ1) is 19.9. The van der Waals surface area contributed by atoms with Gasteiger partial charge in [-0.1, -0.05) is 23.2 Å². The number of nitrogens with two attached hydrogens (primary N) is 1. The second-order valence-electron chi connectivity index (χ2n) is 7.71. The quantitative estimate of drug-likeness (QED) is 0.620. The summed E-state index contributed by atoms with van der Waals surface area (Å²) in [5.74, 6) is 0.0407. The minimum Gasteiger partial charge on any atom is -0.484 e. The lowest BCUT2D eigenvalue weighted by Crippen LogP contribution is -2.84. The number of benzene rings is 1. The number of pyridine rings is 1. The van der Waals surface area contributed by atoms with Gasteiger partial charge < -0.3 is 21.1 Å². The number of nitrogens with one attached hydrogen (secondary N) is 2. The van der Waals surface area contributed by atoms with E-state index in [2.05, 4.69) is 15.6 Å². The van der Waals surface area contributed by atoms with Crippen molar-refractivity contribution in [3.8, 4) is 5.75 Å². The molecule has 1 heterocycles. The molecule has 0 aliphatic heterocycles. The number of halogens is 2. The van der Waals surface area contributed by atoms with Crippen LogP contribution < -0.4 is 21.1 Å². The van der Waals surface area contributed by atoms with Gasteiger partial charge in [-0.05, 0) is 49.1 Å². The van der Waals surface area contributed by atoms with Crippen LogP contribution in [0.3, 0.4) is 0 Å². The highest BCUT2D eigenvalue weighted by Gasteiger charge is 2.69. The normalized spacial score (nSPS) is 24.1. The van der Waals surface area contributed by atoms with Gasteiger partial charge in [-0.15, -0.1) is 0 Å². The van der Waals surface area contributed by atoms with E-state index in [9.17, 15) is 9.59 Å². The first-order chi connectivity index (χ1) is 13.8. The molecule has 3 fully saturated rings. The summed E-state index contributed by atoms with van der Waals surface area (Å²) in [6, 6.07) is 8.31. The summed E-state index contributed by atoms with van der Waals surface area (Å²) in [6.07, 6.45) is 3.66. The first-order valence-electron chi connectivity index (χ1n) is 9.18. The predicted octanol–water partition coefficient (Wildman–Crippen LogP) is 2.45. The Kier molecular flexibility index (Phi) is 5.14. The molecule has 29 heavy (non-hydrogen) atoms. The fourth-order valence-electron chi connectivity index (χ4n) is 4.13. The Bertz CT molecular complexity index is 962. The molecule has 0 atom stereocenters. The second kappa shape index (κ2) is 7.48. The number of carbonyl (C=O) groups is 2. The zero-order chi connectivity index (χ0) is 20.6. The van der Waals surface area contributed by atoms with Crippen molar-refractivity contribution in [1.29, 1.82) is 0 Å². The summed E-state index contributed by atoms with van der Waals surface area (Å²) in [6.45, 7) is 0.238. The maximum Gasteiger partial charge on any atom is 0.270 e. The van der Waals surface area contributed by atoms with Crippen LogP contribution in [0.5, 0.6) is 5.75 Å². The van der Waals surface area contributed by atoms with Crippen molar-refractivity contribution in [2.75, 3.05) is 6.61 Å². The molecule has 7 nitrogen and oxygen atoms in total. The van der Waals surface area contributed by atoms with Crippen molar-refractivity contribution < 1.29 is 14.3 Å². The summed E-state index contributed by atoms with van der Waals surface area (Å²) in [4.78, 5) is 28.8. The minimum atomic E-state index is -0.269. The van der Waals surface area contributed by atoms with Crippen LogP contribution in [0.1, 0.15) is 35.3 Å². The van der Waals surface area contributed by atoms with E-state index < -0.39 is 0 Å². The van der Waals surface area contributed by atoms with Gasteiger partial charge in [-0.3, -0.25) is 14.6 Å². The maximum atomic E-state index is 12.4. The van der Waals surface area contributed by atoms with Crippen molar-refractivity contribution in [1.82, 2.24) is 15.6 Å². The predicted molar refractivity (Wildman–Crippen MR) is 109 cm³/mol.